The molecule has 4 heterocycles. The van der Waals surface area contributed by atoms with Gasteiger partial charge in [0.05, 0.1) is 35.9 Å². The molecule has 0 saturated carbocycles. The van der Waals surface area contributed by atoms with Crippen molar-refractivity contribution < 1.29 is 19.0 Å². The highest BCUT2D eigenvalue weighted by Crippen LogP contribution is 2.44. The zero-order valence-electron chi connectivity index (χ0n) is 16.1. The molecule has 0 aliphatic carbocycles. The van der Waals surface area contributed by atoms with Crippen molar-refractivity contribution in [1.82, 2.24) is 9.88 Å². The van der Waals surface area contributed by atoms with E-state index in [1.807, 2.05) is 6.07 Å². The summed E-state index contributed by atoms with van der Waals surface area (Å²) in [7, 11) is 0. The molecule has 0 radical (unpaired) electrons. The Labute approximate surface area is 172 Å². The number of thiazole rings is 1. The summed E-state index contributed by atoms with van der Waals surface area (Å²) < 4.78 is 19.9. The van der Waals surface area contributed by atoms with Crippen LogP contribution >= 0.6 is 11.3 Å². The number of likely N-dealkylation sites (tertiary alicyclic amines) is 1. The van der Waals surface area contributed by atoms with Gasteiger partial charge in [0.15, 0.2) is 0 Å². The standard InChI is InChI=1S/C21H24FN3O3S/c22-16-2-1-14-12-28-21(17(14)10-16)3-5-24(6-4-21)11-15-9-18-20(29-13-23-18)25(7-8-26)19(15)27/h1-2,10,13,15,26H,3-9,11-12H2. The number of fused-ring (bicyclic) bond motifs is 3. The van der Waals surface area contributed by atoms with Crippen molar-refractivity contribution in [2.75, 3.05) is 37.7 Å². The molecule has 1 aromatic heterocycles. The highest BCUT2D eigenvalue weighted by Gasteiger charge is 2.44. The van der Waals surface area contributed by atoms with Crippen LogP contribution in [0.15, 0.2) is 23.7 Å². The number of piperidine rings is 1. The van der Waals surface area contributed by atoms with Gasteiger partial charge in [0.2, 0.25) is 5.91 Å². The summed E-state index contributed by atoms with van der Waals surface area (Å²) in [5, 5.41) is 10.2. The van der Waals surface area contributed by atoms with Crippen LogP contribution in [0.1, 0.15) is 29.7 Å². The Morgan fingerprint density at radius 3 is 2.97 bits per heavy atom. The average molecular weight is 418 g/mol. The molecule has 1 N–H and O–H groups in total. The smallest absolute Gasteiger partial charge is 0.232 e. The van der Waals surface area contributed by atoms with Crippen molar-refractivity contribution in [3.63, 3.8) is 0 Å². The summed E-state index contributed by atoms with van der Waals surface area (Å²) in [5.74, 6) is -0.299. The van der Waals surface area contributed by atoms with Gasteiger partial charge in [-0.25, -0.2) is 9.37 Å². The Morgan fingerprint density at radius 1 is 1.34 bits per heavy atom. The highest BCUT2D eigenvalue weighted by atomic mass is 32.1. The van der Waals surface area contributed by atoms with E-state index in [1.54, 1.807) is 16.5 Å². The number of carbonyl (C=O) groups excluding carboxylic acids is 1. The molecule has 6 nitrogen and oxygen atoms in total. The number of anilines is 1. The number of aliphatic hydroxyl groups is 1. The van der Waals surface area contributed by atoms with E-state index in [2.05, 4.69) is 9.88 Å². The monoisotopic (exact) mass is 417 g/mol. The molecule has 1 unspecified atom stereocenters. The molecule has 3 aliphatic rings. The van der Waals surface area contributed by atoms with E-state index in [1.165, 1.54) is 17.4 Å². The number of hydrogen-bond acceptors (Lipinski definition) is 6. The Morgan fingerprint density at radius 2 is 2.17 bits per heavy atom. The number of benzene rings is 1. The molecule has 1 spiro atoms. The second kappa shape index (κ2) is 7.43. The average Bonchev–Trinajstić information content (AvgIpc) is 3.32. The quantitative estimate of drug-likeness (QED) is 0.827. The first kappa shape index (κ1) is 19.1. The molecular formula is C21H24FN3O3S. The molecule has 2 aromatic rings. The van der Waals surface area contributed by atoms with Crippen LogP contribution in [0.2, 0.25) is 0 Å². The van der Waals surface area contributed by atoms with Gasteiger partial charge < -0.3 is 14.7 Å². The number of ether oxygens (including phenoxy) is 1. The minimum absolute atomic E-state index is 0.0602. The van der Waals surface area contributed by atoms with Gasteiger partial charge in [-0.2, -0.15) is 0 Å². The van der Waals surface area contributed by atoms with Gasteiger partial charge in [-0.15, -0.1) is 11.3 Å². The predicted molar refractivity (Wildman–Crippen MR) is 107 cm³/mol. The molecule has 1 amide bonds. The third-order valence-corrected chi connectivity index (χ3v) is 7.34. The van der Waals surface area contributed by atoms with Crippen LogP contribution in [-0.2, 0) is 28.2 Å². The van der Waals surface area contributed by atoms with Gasteiger partial charge in [0.1, 0.15) is 10.8 Å². The maximum Gasteiger partial charge on any atom is 0.232 e. The Bertz CT molecular complexity index is 926. The lowest BCUT2D eigenvalue weighted by molar-refractivity contribution is -0.124. The van der Waals surface area contributed by atoms with Crippen molar-refractivity contribution >= 4 is 22.2 Å². The van der Waals surface area contributed by atoms with Crippen LogP contribution in [0.4, 0.5) is 9.39 Å². The van der Waals surface area contributed by atoms with Crippen molar-refractivity contribution in [2.45, 2.75) is 31.5 Å². The second-order valence-corrected chi connectivity index (χ2v) is 8.94. The van der Waals surface area contributed by atoms with Crippen LogP contribution in [0.5, 0.6) is 0 Å². The lowest BCUT2D eigenvalue weighted by atomic mass is 9.83. The first-order chi connectivity index (χ1) is 14.1. The minimum Gasteiger partial charge on any atom is -0.395 e. The normalized spacial score (nSPS) is 23.4. The first-order valence-corrected chi connectivity index (χ1v) is 11.0. The van der Waals surface area contributed by atoms with E-state index < -0.39 is 5.60 Å². The molecule has 0 bridgehead atoms. The minimum atomic E-state index is -0.393. The second-order valence-electron chi connectivity index (χ2n) is 8.10. The molecule has 5 rings (SSSR count). The van der Waals surface area contributed by atoms with E-state index in [-0.39, 0.29) is 24.2 Å². The summed E-state index contributed by atoms with van der Waals surface area (Å²) in [5.41, 5.74) is 4.40. The van der Waals surface area contributed by atoms with E-state index >= 15 is 0 Å². The van der Waals surface area contributed by atoms with E-state index in [0.717, 1.165) is 47.8 Å². The van der Waals surface area contributed by atoms with Gasteiger partial charge in [0, 0.05) is 32.6 Å². The van der Waals surface area contributed by atoms with Crippen molar-refractivity contribution in [3.05, 3.63) is 46.3 Å². The fourth-order valence-electron chi connectivity index (χ4n) is 4.93. The zero-order valence-corrected chi connectivity index (χ0v) is 17.0. The SMILES string of the molecule is O=C1C(CN2CCC3(CC2)OCc2ccc(F)cc23)Cc2ncsc2N1CCO. The van der Waals surface area contributed by atoms with Crippen LogP contribution in [-0.4, -0.2) is 53.7 Å². The third kappa shape index (κ3) is 3.28. The largest absolute Gasteiger partial charge is 0.395 e. The maximum atomic E-state index is 13.8. The fourth-order valence-corrected chi connectivity index (χ4v) is 5.79. The molecule has 1 atom stereocenters. The Balaban J connectivity index is 1.27. The molecule has 8 heteroatoms. The number of carbonyl (C=O) groups is 1. The Hall–Kier alpha value is -1.87. The molecule has 1 saturated heterocycles. The molecule has 3 aliphatic heterocycles. The first-order valence-electron chi connectivity index (χ1n) is 10.1. The van der Waals surface area contributed by atoms with Crippen LogP contribution in [0, 0.1) is 11.7 Å². The van der Waals surface area contributed by atoms with Gasteiger partial charge in [-0.3, -0.25) is 9.69 Å². The number of aromatic nitrogens is 1. The summed E-state index contributed by atoms with van der Waals surface area (Å²) in [6, 6.07) is 4.95. The topological polar surface area (TPSA) is 65.9 Å². The lowest BCUT2D eigenvalue weighted by Crippen LogP contribution is -2.49. The van der Waals surface area contributed by atoms with Crippen LogP contribution < -0.4 is 4.90 Å². The zero-order chi connectivity index (χ0) is 20.0. The lowest BCUT2D eigenvalue weighted by Gasteiger charge is -2.41. The number of nitrogens with zero attached hydrogens (tertiary/aromatic N) is 3. The summed E-state index contributed by atoms with van der Waals surface area (Å²) >= 11 is 1.45. The fraction of sp³-hybridized carbons (Fsp3) is 0.524. The predicted octanol–water partition coefficient (Wildman–Crippen LogP) is 2.30. The van der Waals surface area contributed by atoms with E-state index in [4.69, 9.17) is 4.74 Å². The maximum absolute atomic E-state index is 13.8. The number of rotatable bonds is 4. The van der Waals surface area contributed by atoms with Crippen molar-refractivity contribution in [1.29, 1.82) is 0 Å². The highest BCUT2D eigenvalue weighted by molar-refractivity contribution is 7.14. The summed E-state index contributed by atoms with van der Waals surface area (Å²) in [4.78, 5) is 21.4. The van der Waals surface area contributed by atoms with Crippen molar-refractivity contribution in [3.8, 4) is 0 Å². The van der Waals surface area contributed by atoms with Gasteiger partial charge in [-0.05, 0) is 36.1 Å². The number of halogens is 1. The molecule has 1 fully saturated rings. The third-order valence-electron chi connectivity index (χ3n) is 6.45. The summed E-state index contributed by atoms with van der Waals surface area (Å²) in [6.07, 6.45) is 2.24. The van der Waals surface area contributed by atoms with Crippen LogP contribution in [0.25, 0.3) is 0 Å². The number of β-amino-alcohol motifs (C(OH)–C–C–N with tert-alkyl or cyclic N) is 1. The number of aliphatic hydroxyl groups excluding tert-OH is 1. The van der Waals surface area contributed by atoms with Gasteiger partial charge in [0.25, 0.3) is 0 Å². The van der Waals surface area contributed by atoms with Crippen LogP contribution in [0.3, 0.4) is 0 Å². The van der Waals surface area contributed by atoms with E-state index in [9.17, 15) is 14.3 Å². The van der Waals surface area contributed by atoms with Gasteiger partial charge >= 0.3 is 0 Å². The molecule has 29 heavy (non-hydrogen) atoms. The number of hydrogen-bond donors (Lipinski definition) is 1. The summed E-state index contributed by atoms with van der Waals surface area (Å²) in [6.45, 7) is 3.08. The molecule has 154 valence electrons. The molecule has 1 aromatic carbocycles. The molecular weight excluding hydrogens is 393 g/mol. The van der Waals surface area contributed by atoms with Crippen molar-refractivity contribution in [2.24, 2.45) is 5.92 Å². The van der Waals surface area contributed by atoms with E-state index in [0.29, 0.717) is 26.1 Å². The van der Waals surface area contributed by atoms with Gasteiger partial charge in [-0.1, -0.05) is 6.07 Å². The number of amides is 1. The Kier molecular flexibility index (Phi) is 4.90.